The highest BCUT2D eigenvalue weighted by atomic mass is 15.2. The number of rotatable bonds is 1. The molecule has 0 unspecified atom stereocenters. The van der Waals surface area contributed by atoms with Crippen molar-refractivity contribution >= 4 is 10.9 Å². The van der Waals surface area contributed by atoms with Crippen molar-refractivity contribution in [3.63, 3.8) is 0 Å². The molecule has 0 aliphatic heterocycles. The van der Waals surface area contributed by atoms with E-state index in [9.17, 15) is 0 Å². The lowest BCUT2D eigenvalue weighted by molar-refractivity contribution is 0.836. The van der Waals surface area contributed by atoms with Crippen molar-refractivity contribution in [1.82, 2.24) is 14.1 Å². The molecule has 2 aromatic heterocycles. The van der Waals surface area contributed by atoms with Crippen LogP contribution in [-0.4, -0.2) is 14.1 Å². The summed E-state index contributed by atoms with van der Waals surface area (Å²) >= 11 is 0. The lowest BCUT2D eigenvalue weighted by atomic mass is 10.2. The maximum Gasteiger partial charge on any atom is 0.122 e. The first-order valence-electron chi connectivity index (χ1n) is 5.74. The molecule has 0 N–H and O–H groups in total. The highest BCUT2D eigenvalue weighted by Gasteiger charge is 2.13. The Kier molecular flexibility index (Phi) is 2.08. The first kappa shape index (κ1) is 10.1. The summed E-state index contributed by atoms with van der Waals surface area (Å²) in [7, 11) is 2.10. The molecule has 0 aliphatic carbocycles. The van der Waals surface area contributed by atoms with Crippen LogP contribution in [0.5, 0.6) is 0 Å². The van der Waals surface area contributed by atoms with Crippen molar-refractivity contribution in [3.05, 3.63) is 48.0 Å². The summed E-state index contributed by atoms with van der Waals surface area (Å²) in [5, 5.41) is 1.30. The summed E-state index contributed by atoms with van der Waals surface area (Å²) in [4.78, 5) is 4.30. The van der Waals surface area contributed by atoms with Gasteiger partial charge in [-0.2, -0.15) is 0 Å². The van der Waals surface area contributed by atoms with Crippen molar-refractivity contribution in [1.29, 1.82) is 0 Å². The maximum atomic E-state index is 4.30. The second-order valence-corrected chi connectivity index (χ2v) is 4.37. The van der Waals surface area contributed by atoms with Crippen LogP contribution < -0.4 is 0 Å². The minimum Gasteiger partial charge on any atom is -0.330 e. The summed E-state index contributed by atoms with van der Waals surface area (Å²) in [5.41, 5.74) is 2.55. The minimum atomic E-state index is 1.01. The molecule has 3 rings (SSSR count). The largest absolute Gasteiger partial charge is 0.330 e. The number of aromatic nitrogens is 3. The molecule has 3 heteroatoms. The Morgan fingerprint density at radius 2 is 1.88 bits per heavy atom. The number of hydrogen-bond acceptors (Lipinski definition) is 1. The number of hydrogen-bond donors (Lipinski definition) is 0. The van der Waals surface area contributed by atoms with Gasteiger partial charge in [0.05, 0.1) is 0 Å². The first-order valence-corrected chi connectivity index (χ1v) is 5.74. The van der Waals surface area contributed by atoms with Gasteiger partial charge in [0.2, 0.25) is 0 Å². The summed E-state index contributed by atoms with van der Waals surface area (Å²) in [6.07, 6.45) is 3.85. The molecule has 0 aliphatic rings. The zero-order valence-electron chi connectivity index (χ0n) is 10.3. The second-order valence-electron chi connectivity index (χ2n) is 4.37. The topological polar surface area (TPSA) is 22.8 Å². The van der Waals surface area contributed by atoms with E-state index < -0.39 is 0 Å². The summed E-state index contributed by atoms with van der Waals surface area (Å²) in [5.74, 6) is 2.21. The van der Waals surface area contributed by atoms with Crippen molar-refractivity contribution in [2.24, 2.45) is 7.05 Å². The van der Waals surface area contributed by atoms with E-state index in [2.05, 4.69) is 52.4 Å². The lowest BCUT2D eigenvalue weighted by Gasteiger charge is -2.08. The van der Waals surface area contributed by atoms with Crippen molar-refractivity contribution in [2.75, 3.05) is 0 Å². The normalized spacial score (nSPS) is 11.2. The molecule has 0 fully saturated rings. The third kappa shape index (κ3) is 1.32. The fraction of sp³-hybridized carbons (Fsp3) is 0.214. The van der Waals surface area contributed by atoms with Crippen molar-refractivity contribution in [2.45, 2.75) is 13.8 Å². The van der Waals surface area contributed by atoms with Gasteiger partial charge in [0.1, 0.15) is 11.6 Å². The standard InChI is InChI=1S/C14H15N3/c1-10-12-6-4-5-7-13(12)16(3)14(10)17-9-8-15-11(17)2/h4-9H,1-3H3. The smallest absolute Gasteiger partial charge is 0.122 e. The van der Waals surface area contributed by atoms with Gasteiger partial charge in [-0.1, -0.05) is 18.2 Å². The van der Waals surface area contributed by atoms with Gasteiger partial charge in [-0.05, 0) is 25.5 Å². The third-order valence-corrected chi connectivity index (χ3v) is 3.38. The summed E-state index contributed by atoms with van der Waals surface area (Å²) < 4.78 is 4.36. The van der Waals surface area contributed by atoms with E-state index in [4.69, 9.17) is 0 Å². The molecule has 3 aromatic rings. The SMILES string of the molecule is Cc1c(-n2ccnc2C)n(C)c2ccccc12. The van der Waals surface area contributed by atoms with Gasteiger partial charge >= 0.3 is 0 Å². The van der Waals surface area contributed by atoms with E-state index in [1.807, 2.05) is 19.3 Å². The van der Waals surface area contributed by atoms with E-state index in [0.717, 1.165) is 5.82 Å². The zero-order chi connectivity index (χ0) is 12.0. The van der Waals surface area contributed by atoms with Crippen LogP contribution in [0.25, 0.3) is 16.7 Å². The Morgan fingerprint density at radius 1 is 1.12 bits per heavy atom. The highest BCUT2D eigenvalue weighted by Crippen LogP contribution is 2.27. The average Bonchev–Trinajstić information content (AvgIpc) is 2.84. The predicted molar refractivity (Wildman–Crippen MR) is 69.5 cm³/mol. The van der Waals surface area contributed by atoms with Crippen molar-refractivity contribution in [3.8, 4) is 5.82 Å². The Hall–Kier alpha value is -2.03. The second kappa shape index (κ2) is 3.48. The van der Waals surface area contributed by atoms with Gasteiger partial charge in [-0.15, -0.1) is 0 Å². The van der Waals surface area contributed by atoms with Crippen LogP contribution in [-0.2, 0) is 7.05 Å². The first-order chi connectivity index (χ1) is 8.20. The Labute approximate surface area is 100 Å². The Morgan fingerprint density at radius 3 is 2.53 bits per heavy atom. The predicted octanol–water partition coefficient (Wildman–Crippen LogP) is 2.98. The fourth-order valence-corrected chi connectivity index (χ4v) is 2.51. The number of benzene rings is 1. The molecule has 0 saturated heterocycles. The number of nitrogens with zero attached hydrogens (tertiary/aromatic N) is 3. The van der Waals surface area contributed by atoms with E-state index in [0.29, 0.717) is 0 Å². The van der Waals surface area contributed by atoms with Gasteiger partial charge < -0.3 is 4.57 Å². The molecule has 1 aromatic carbocycles. The fourth-order valence-electron chi connectivity index (χ4n) is 2.51. The van der Waals surface area contributed by atoms with Gasteiger partial charge in [0, 0.05) is 30.3 Å². The molecule has 0 radical (unpaired) electrons. The van der Waals surface area contributed by atoms with Crippen LogP contribution in [0.15, 0.2) is 36.7 Å². The Bertz CT molecular complexity index is 650. The molecular weight excluding hydrogens is 210 g/mol. The average molecular weight is 225 g/mol. The highest BCUT2D eigenvalue weighted by molar-refractivity contribution is 5.87. The molecule has 2 heterocycles. The molecule has 0 atom stereocenters. The van der Waals surface area contributed by atoms with E-state index >= 15 is 0 Å². The van der Waals surface area contributed by atoms with Crippen LogP contribution in [0.2, 0.25) is 0 Å². The van der Waals surface area contributed by atoms with Gasteiger partial charge in [-0.3, -0.25) is 4.57 Å². The van der Waals surface area contributed by atoms with Crippen LogP contribution in [0.4, 0.5) is 0 Å². The monoisotopic (exact) mass is 225 g/mol. The summed E-state index contributed by atoms with van der Waals surface area (Å²) in [6, 6.07) is 8.48. The van der Waals surface area contributed by atoms with Crippen molar-refractivity contribution < 1.29 is 0 Å². The van der Waals surface area contributed by atoms with Crippen LogP contribution in [0.3, 0.4) is 0 Å². The molecule has 17 heavy (non-hydrogen) atoms. The molecule has 0 amide bonds. The quantitative estimate of drug-likeness (QED) is 0.624. The summed E-state index contributed by atoms with van der Waals surface area (Å²) in [6.45, 7) is 4.19. The van der Waals surface area contributed by atoms with Gasteiger partial charge in [-0.25, -0.2) is 4.98 Å². The molecule has 3 nitrogen and oxygen atoms in total. The number of fused-ring (bicyclic) bond motifs is 1. The molecule has 0 saturated carbocycles. The number of para-hydroxylation sites is 1. The van der Waals surface area contributed by atoms with Gasteiger partial charge in [0.15, 0.2) is 0 Å². The number of imidazole rings is 1. The van der Waals surface area contributed by atoms with Crippen LogP contribution >= 0.6 is 0 Å². The molecular formula is C14H15N3. The number of aryl methyl sites for hydroxylation is 3. The van der Waals surface area contributed by atoms with E-state index in [1.165, 1.54) is 22.3 Å². The molecule has 86 valence electrons. The van der Waals surface area contributed by atoms with Crippen LogP contribution in [0.1, 0.15) is 11.4 Å². The minimum absolute atomic E-state index is 1.01. The molecule has 0 spiro atoms. The molecule has 0 bridgehead atoms. The lowest BCUT2D eigenvalue weighted by Crippen LogP contribution is -2.03. The zero-order valence-corrected chi connectivity index (χ0v) is 10.3. The maximum absolute atomic E-state index is 4.30. The van der Waals surface area contributed by atoms with E-state index in [1.54, 1.807) is 0 Å². The Balaban J connectivity index is 2.42. The van der Waals surface area contributed by atoms with Gasteiger partial charge in [0.25, 0.3) is 0 Å². The third-order valence-electron chi connectivity index (χ3n) is 3.38. The van der Waals surface area contributed by atoms with E-state index in [-0.39, 0.29) is 0 Å². The van der Waals surface area contributed by atoms with Crippen LogP contribution in [0, 0.1) is 13.8 Å².